The van der Waals surface area contributed by atoms with E-state index in [0.29, 0.717) is 24.3 Å². The third-order valence-corrected chi connectivity index (χ3v) is 5.33. The van der Waals surface area contributed by atoms with Crippen LogP contribution in [-0.2, 0) is 22.7 Å². The van der Waals surface area contributed by atoms with E-state index in [1.54, 1.807) is 41.3 Å². The third-order valence-electron chi connectivity index (χ3n) is 5.33. The summed E-state index contributed by atoms with van der Waals surface area (Å²) in [7, 11) is 0. The van der Waals surface area contributed by atoms with Crippen molar-refractivity contribution in [2.24, 2.45) is 0 Å². The molecule has 0 bridgehead atoms. The smallest absolute Gasteiger partial charge is 0.253 e. The molecule has 0 aromatic heterocycles. The zero-order chi connectivity index (χ0) is 25.0. The van der Waals surface area contributed by atoms with E-state index in [-0.39, 0.29) is 43.2 Å². The molecule has 182 valence electrons. The van der Waals surface area contributed by atoms with Crippen molar-refractivity contribution in [2.75, 3.05) is 25.0 Å². The molecule has 3 aromatic rings. The molecule has 3 amide bonds. The molecule has 0 aliphatic rings. The molecule has 0 atom stereocenters. The SMILES string of the molecule is CCN(CC(=O)NCc1ccc(F)cc1)CC(=O)Nc1ccccc1C(=O)NCc1ccccc1. The quantitative estimate of drug-likeness (QED) is 0.396. The molecule has 3 aromatic carbocycles. The summed E-state index contributed by atoms with van der Waals surface area (Å²) in [5.74, 6) is -1.21. The normalized spacial score (nSPS) is 10.6. The average molecular weight is 477 g/mol. The molecule has 3 N–H and O–H groups in total. The lowest BCUT2D eigenvalue weighted by atomic mass is 10.1. The van der Waals surface area contributed by atoms with E-state index >= 15 is 0 Å². The Bertz CT molecular complexity index is 1140. The van der Waals surface area contributed by atoms with E-state index < -0.39 is 0 Å². The predicted molar refractivity (Wildman–Crippen MR) is 133 cm³/mol. The molecule has 8 heteroatoms. The molecule has 35 heavy (non-hydrogen) atoms. The first-order valence-corrected chi connectivity index (χ1v) is 11.4. The molecule has 3 rings (SSSR count). The maximum absolute atomic E-state index is 13.0. The van der Waals surface area contributed by atoms with Crippen molar-refractivity contribution < 1.29 is 18.8 Å². The Morgan fingerprint density at radius 1 is 0.743 bits per heavy atom. The minimum atomic E-state index is -0.335. The van der Waals surface area contributed by atoms with Crippen molar-refractivity contribution >= 4 is 23.4 Å². The standard InChI is InChI=1S/C27H29FN4O3/c1-2-32(18-25(33)29-16-21-12-14-22(28)15-13-21)19-26(34)31-24-11-7-6-10-23(24)27(35)30-17-20-8-4-3-5-9-20/h3-15H,2,16-19H2,1H3,(H,29,33)(H,30,35)(H,31,34). The number of carbonyl (C=O) groups is 3. The first kappa shape index (κ1) is 25.6. The van der Waals surface area contributed by atoms with Gasteiger partial charge in [0.25, 0.3) is 5.91 Å². The van der Waals surface area contributed by atoms with E-state index in [1.165, 1.54) is 12.1 Å². The van der Waals surface area contributed by atoms with Crippen LogP contribution in [0.5, 0.6) is 0 Å². The summed E-state index contributed by atoms with van der Waals surface area (Å²) in [6.45, 7) is 3.00. The number of likely N-dealkylation sites (N-methyl/N-ethyl adjacent to an activating group) is 1. The number of benzene rings is 3. The van der Waals surface area contributed by atoms with Gasteiger partial charge in [0.15, 0.2) is 0 Å². The molecule has 0 unspecified atom stereocenters. The molecule has 0 aliphatic carbocycles. The van der Waals surface area contributed by atoms with Crippen LogP contribution >= 0.6 is 0 Å². The second kappa shape index (κ2) is 13.0. The number of nitrogens with one attached hydrogen (secondary N) is 3. The molecule has 0 fully saturated rings. The number of nitrogens with zero attached hydrogens (tertiary/aromatic N) is 1. The van der Waals surface area contributed by atoms with E-state index in [4.69, 9.17) is 0 Å². The molecular formula is C27H29FN4O3. The number of rotatable bonds is 11. The summed E-state index contributed by atoms with van der Waals surface area (Å²) in [6, 6.07) is 22.2. The topological polar surface area (TPSA) is 90.5 Å². The Kier molecular flexibility index (Phi) is 9.50. The summed E-state index contributed by atoms with van der Waals surface area (Å²) >= 11 is 0. The van der Waals surface area contributed by atoms with E-state index in [2.05, 4.69) is 16.0 Å². The summed E-state index contributed by atoms with van der Waals surface area (Å²) < 4.78 is 13.0. The fraction of sp³-hybridized carbons (Fsp3) is 0.222. The van der Waals surface area contributed by atoms with Crippen molar-refractivity contribution in [2.45, 2.75) is 20.0 Å². The Balaban J connectivity index is 1.51. The molecule has 0 heterocycles. The van der Waals surface area contributed by atoms with Crippen LogP contribution in [0.1, 0.15) is 28.4 Å². The minimum Gasteiger partial charge on any atom is -0.351 e. The monoisotopic (exact) mass is 476 g/mol. The summed E-state index contributed by atoms with van der Waals surface area (Å²) in [6.07, 6.45) is 0. The third kappa shape index (κ3) is 8.35. The Hall–Kier alpha value is -4.04. The second-order valence-corrected chi connectivity index (χ2v) is 7.97. The van der Waals surface area contributed by atoms with Crippen LogP contribution in [0.4, 0.5) is 10.1 Å². The number of hydrogen-bond donors (Lipinski definition) is 3. The van der Waals surface area contributed by atoms with Crippen LogP contribution in [0, 0.1) is 5.82 Å². The van der Waals surface area contributed by atoms with Crippen LogP contribution in [0.2, 0.25) is 0 Å². The van der Waals surface area contributed by atoms with Gasteiger partial charge in [-0.25, -0.2) is 4.39 Å². The van der Waals surface area contributed by atoms with Gasteiger partial charge in [-0.05, 0) is 41.9 Å². The van der Waals surface area contributed by atoms with Crippen molar-refractivity contribution in [3.63, 3.8) is 0 Å². The highest BCUT2D eigenvalue weighted by atomic mass is 19.1. The fourth-order valence-corrected chi connectivity index (χ4v) is 3.40. The highest BCUT2D eigenvalue weighted by molar-refractivity contribution is 6.04. The van der Waals surface area contributed by atoms with Crippen molar-refractivity contribution in [1.82, 2.24) is 15.5 Å². The van der Waals surface area contributed by atoms with Crippen molar-refractivity contribution in [1.29, 1.82) is 0 Å². The Labute approximate surface area is 204 Å². The molecule has 0 radical (unpaired) electrons. The van der Waals surface area contributed by atoms with Gasteiger partial charge in [0.05, 0.1) is 24.3 Å². The lowest BCUT2D eigenvalue weighted by Gasteiger charge is -2.20. The van der Waals surface area contributed by atoms with E-state index in [1.807, 2.05) is 37.3 Å². The zero-order valence-electron chi connectivity index (χ0n) is 19.6. The van der Waals surface area contributed by atoms with Crippen LogP contribution in [0.15, 0.2) is 78.9 Å². The first-order chi connectivity index (χ1) is 16.9. The number of amides is 3. The molecule has 0 saturated heterocycles. The Morgan fingerprint density at radius 3 is 2.06 bits per heavy atom. The van der Waals surface area contributed by atoms with E-state index in [9.17, 15) is 18.8 Å². The van der Waals surface area contributed by atoms with Gasteiger partial charge in [0, 0.05) is 13.1 Å². The zero-order valence-corrected chi connectivity index (χ0v) is 19.6. The van der Waals surface area contributed by atoms with Crippen molar-refractivity contribution in [3.8, 4) is 0 Å². The first-order valence-electron chi connectivity index (χ1n) is 11.4. The fourth-order valence-electron chi connectivity index (χ4n) is 3.40. The minimum absolute atomic E-state index is 0.0135. The van der Waals surface area contributed by atoms with Crippen LogP contribution in [0.25, 0.3) is 0 Å². The van der Waals surface area contributed by atoms with Crippen LogP contribution in [0.3, 0.4) is 0 Å². The van der Waals surface area contributed by atoms with Gasteiger partial charge in [-0.2, -0.15) is 0 Å². The van der Waals surface area contributed by atoms with Crippen LogP contribution in [-0.4, -0.2) is 42.3 Å². The maximum Gasteiger partial charge on any atom is 0.253 e. The van der Waals surface area contributed by atoms with Crippen LogP contribution < -0.4 is 16.0 Å². The van der Waals surface area contributed by atoms with Gasteiger partial charge < -0.3 is 16.0 Å². The molecular weight excluding hydrogens is 447 g/mol. The summed E-state index contributed by atoms with van der Waals surface area (Å²) in [4.78, 5) is 39.4. The summed E-state index contributed by atoms with van der Waals surface area (Å²) in [5.41, 5.74) is 2.51. The molecule has 0 spiro atoms. The molecule has 0 saturated carbocycles. The van der Waals surface area contributed by atoms with Gasteiger partial charge in [0.1, 0.15) is 5.82 Å². The lowest BCUT2D eigenvalue weighted by molar-refractivity contribution is -0.123. The number of anilines is 1. The van der Waals surface area contributed by atoms with Gasteiger partial charge in [-0.3, -0.25) is 19.3 Å². The highest BCUT2D eigenvalue weighted by Gasteiger charge is 2.16. The Morgan fingerprint density at radius 2 is 1.34 bits per heavy atom. The number of carbonyl (C=O) groups excluding carboxylic acids is 3. The maximum atomic E-state index is 13.0. The number of para-hydroxylation sites is 1. The van der Waals surface area contributed by atoms with E-state index in [0.717, 1.165) is 11.1 Å². The second-order valence-electron chi connectivity index (χ2n) is 7.97. The van der Waals surface area contributed by atoms with Gasteiger partial charge in [0.2, 0.25) is 11.8 Å². The average Bonchev–Trinajstić information content (AvgIpc) is 2.87. The lowest BCUT2D eigenvalue weighted by Crippen LogP contribution is -2.41. The van der Waals surface area contributed by atoms with Gasteiger partial charge in [-0.15, -0.1) is 0 Å². The van der Waals surface area contributed by atoms with Gasteiger partial charge >= 0.3 is 0 Å². The highest BCUT2D eigenvalue weighted by Crippen LogP contribution is 2.15. The van der Waals surface area contributed by atoms with Gasteiger partial charge in [-0.1, -0.05) is 61.5 Å². The number of hydrogen-bond acceptors (Lipinski definition) is 4. The largest absolute Gasteiger partial charge is 0.351 e. The predicted octanol–water partition coefficient (Wildman–Crippen LogP) is 3.33. The summed E-state index contributed by atoms with van der Waals surface area (Å²) in [5, 5.41) is 8.42. The number of halogens is 1. The molecule has 7 nitrogen and oxygen atoms in total. The molecule has 0 aliphatic heterocycles. The van der Waals surface area contributed by atoms with Crippen molar-refractivity contribution in [3.05, 3.63) is 101 Å².